The Bertz CT molecular complexity index is 756. The Hall–Kier alpha value is -2.24. The minimum atomic E-state index is -0.791. The molecule has 0 aliphatic rings. The topological polar surface area (TPSA) is 61.8 Å². The molecule has 0 radical (unpaired) electrons. The summed E-state index contributed by atoms with van der Waals surface area (Å²) >= 11 is 12.0. The summed E-state index contributed by atoms with van der Waals surface area (Å²) in [5.41, 5.74) is 0.377. The third-order valence-electron chi connectivity index (χ3n) is 3.21. The van der Waals surface area contributed by atoms with Gasteiger partial charge >= 0.3 is 5.97 Å². The van der Waals surface area contributed by atoms with Crippen molar-refractivity contribution in [1.29, 1.82) is 0 Å². The standard InChI is InChI=1S/C17H14Cl2O5/c1-22-11-5-3-10(4-6-11)14(20)9-24-17(21)15-12(18)7-8-13(19)16(15)23-2/h3-8H,9H2,1-2H3. The van der Waals surface area contributed by atoms with E-state index in [-0.39, 0.29) is 27.1 Å². The van der Waals surface area contributed by atoms with Crippen molar-refractivity contribution in [3.8, 4) is 11.5 Å². The molecule has 0 aliphatic heterocycles. The highest BCUT2D eigenvalue weighted by atomic mass is 35.5. The molecule has 0 atom stereocenters. The van der Waals surface area contributed by atoms with Crippen LogP contribution in [0.3, 0.4) is 0 Å². The lowest BCUT2D eigenvalue weighted by molar-refractivity contribution is 0.0471. The second-order valence-electron chi connectivity index (χ2n) is 4.67. The number of methoxy groups -OCH3 is 2. The molecular weight excluding hydrogens is 355 g/mol. The van der Waals surface area contributed by atoms with E-state index in [0.29, 0.717) is 11.3 Å². The van der Waals surface area contributed by atoms with Crippen molar-refractivity contribution in [2.45, 2.75) is 0 Å². The van der Waals surface area contributed by atoms with Gasteiger partial charge in [0, 0.05) is 5.56 Å². The van der Waals surface area contributed by atoms with Gasteiger partial charge in [-0.2, -0.15) is 0 Å². The van der Waals surface area contributed by atoms with E-state index >= 15 is 0 Å². The fourth-order valence-corrected chi connectivity index (χ4v) is 2.45. The number of benzene rings is 2. The summed E-state index contributed by atoms with van der Waals surface area (Å²) in [6, 6.07) is 9.41. The molecule has 24 heavy (non-hydrogen) atoms. The lowest BCUT2D eigenvalue weighted by atomic mass is 10.1. The summed E-state index contributed by atoms with van der Waals surface area (Å²) in [5.74, 6) is -0.422. The highest BCUT2D eigenvalue weighted by molar-refractivity contribution is 6.37. The normalized spacial score (nSPS) is 10.2. The van der Waals surface area contributed by atoms with Crippen LogP contribution in [0.2, 0.25) is 10.0 Å². The van der Waals surface area contributed by atoms with E-state index < -0.39 is 12.6 Å². The van der Waals surface area contributed by atoms with Gasteiger partial charge in [0.25, 0.3) is 0 Å². The molecule has 5 nitrogen and oxygen atoms in total. The Labute approximate surface area is 149 Å². The van der Waals surface area contributed by atoms with Gasteiger partial charge in [-0.15, -0.1) is 0 Å². The highest BCUT2D eigenvalue weighted by Crippen LogP contribution is 2.34. The fraction of sp³-hybridized carbons (Fsp3) is 0.176. The largest absolute Gasteiger partial charge is 0.497 e. The summed E-state index contributed by atoms with van der Waals surface area (Å²) < 4.78 is 15.1. The average molecular weight is 369 g/mol. The summed E-state index contributed by atoms with van der Waals surface area (Å²) in [5, 5.41) is 0.341. The van der Waals surface area contributed by atoms with Gasteiger partial charge in [0.2, 0.25) is 0 Å². The molecule has 0 fully saturated rings. The molecule has 126 valence electrons. The molecular formula is C17H14Cl2O5. The van der Waals surface area contributed by atoms with Crippen molar-refractivity contribution >= 4 is 35.0 Å². The van der Waals surface area contributed by atoms with Gasteiger partial charge in [0.1, 0.15) is 11.3 Å². The Balaban J connectivity index is 2.10. The number of ketones is 1. The van der Waals surface area contributed by atoms with E-state index in [1.54, 1.807) is 24.3 Å². The molecule has 7 heteroatoms. The number of halogens is 2. The van der Waals surface area contributed by atoms with Crippen LogP contribution in [0.15, 0.2) is 36.4 Å². The van der Waals surface area contributed by atoms with Crippen LogP contribution < -0.4 is 9.47 Å². The van der Waals surface area contributed by atoms with Gasteiger partial charge in [0.15, 0.2) is 18.1 Å². The van der Waals surface area contributed by atoms with Crippen LogP contribution >= 0.6 is 23.2 Å². The average Bonchev–Trinajstić information content (AvgIpc) is 2.61. The Kier molecular flexibility index (Phi) is 6.06. The number of carbonyl (C=O) groups excluding carboxylic acids is 2. The zero-order chi connectivity index (χ0) is 17.7. The van der Waals surface area contributed by atoms with E-state index in [9.17, 15) is 9.59 Å². The van der Waals surface area contributed by atoms with Crippen LogP contribution in [0.4, 0.5) is 0 Å². The van der Waals surface area contributed by atoms with Crippen LogP contribution in [-0.4, -0.2) is 32.6 Å². The molecule has 2 aromatic rings. The van der Waals surface area contributed by atoms with E-state index in [1.807, 2.05) is 0 Å². The van der Waals surface area contributed by atoms with Crippen molar-refractivity contribution in [2.75, 3.05) is 20.8 Å². The van der Waals surface area contributed by atoms with Crippen molar-refractivity contribution in [1.82, 2.24) is 0 Å². The first kappa shape index (κ1) is 18.1. The van der Waals surface area contributed by atoms with Gasteiger partial charge in [0.05, 0.1) is 24.3 Å². The Morgan fingerprint density at radius 3 is 2.12 bits per heavy atom. The van der Waals surface area contributed by atoms with Crippen molar-refractivity contribution < 1.29 is 23.8 Å². The lowest BCUT2D eigenvalue weighted by Crippen LogP contribution is -2.15. The second-order valence-corrected chi connectivity index (χ2v) is 5.48. The minimum Gasteiger partial charge on any atom is -0.497 e. The van der Waals surface area contributed by atoms with Gasteiger partial charge in [-0.3, -0.25) is 4.79 Å². The van der Waals surface area contributed by atoms with Crippen molar-refractivity contribution in [3.63, 3.8) is 0 Å². The smallest absolute Gasteiger partial charge is 0.343 e. The molecule has 0 amide bonds. The predicted octanol–water partition coefficient (Wildman–Crippen LogP) is 4.05. The minimum absolute atomic E-state index is 0.0193. The quantitative estimate of drug-likeness (QED) is 0.568. The van der Waals surface area contributed by atoms with Crippen LogP contribution in [0.1, 0.15) is 20.7 Å². The monoisotopic (exact) mass is 368 g/mol. The first-order valence-electron chi connectivity index (χ1n) is 6.84. The summed E-state index contributed by atoms with van der Waals surface area (Å²) in [6.07, 6.45) is 0. The predicted molar refractivity (Wildman–Crippen MR) is 90.6 cm³/mol. The molecule has 0 aliphatic carbocycles. The zero-order valence-electron chi connectivity index (χ0n) is 13.0. The second kappa shape index (κ2) is 8.04. The van der Waals surface area contributed by atoms with Crippen LogP contribution in [0.25, 0.3) is 0 Å². The number of carbonyl (C=O) groups is 2. The van der Waals surface area contributed by atoms with Crippen LogP contribution in [-0.2, 0) is 4.74 Å². The van der Waals surface area contributed by atoms with E-state index in [0.717, 1.165) is 0 Å². The van der Waals surface area contributed by atoms with Gasteiger partial charge < -0.3 is 14.2 Å². The van der Waals surface area contributed by atoms with Crippen LogP contribution in [0, 0.1) is 0 Å². The molecule has 2 aromatic carbocycles. The van der Waals surface area contributed by atoms with Gasteiger partial charge in [-0.05, 0) is 36.4 Å². The van der Waals surface area contributed by atoms with Crippen molar-refractivity contribution in [3.05, 3.63) is 57.6 Å². The number of rotatable bonds is 6. The van der Waals surface area contributed by atoms with E-state index in [1.165, 1.54) is 26.4 Å². The fourth-order valence-electron chi connectivity index (χ4n) is 1.99. The molecule has 0 bridgehead atoms. The maximum atomic E-state index is 12.2. The maximum absolute atomic E-state index is 12.2. The van der Waals surface area contributed by atoms with Gasteiger partial charge in [-0.25, -0.2) is 4.79 Å². The Morgan fingerprint density at radius 2 is 1.54 bits per heavy atom. The molecule has 0 unspecified atom stereocenters. The summed E-state index contributed by atoms with van der Waals surface area (Å²) in [6.45, 7) is -0.433. The molecule has 0 aromatic heterocycles. The third-order valence-corrected chi connectivity index (χ3v) is 3.83. The SMILES string of the molecule is COc1ccc(C(=O)COC(=O)c2c(Cl)ccc(Cl)c2OC)cc1. The van der Waals surface area contributed by atoms with Gasteiger partial charge in [-0.1, -0.05) is 23.2 Å². The number of ether oxygens (including phenoxy) is 3. The highest BCUT2D eigenvalue weighted by Gasteiger charge is 2.22. The van der Waals surface area contributed by atoms with E-state index in [2.05, 4.69) is 0 Å². The molecule has 2 rings (SSSR count). The van der Waals surface area contributed by atoms with Crippen molar-refractivity contribution in [2.24, 2.45) is 0 Å². The molecule has 0 saturated heterocycles. The Morgan fingerprint density at radius 1 is 0.917 bits per heavy atom. The number of esters is 1. The zero-order valence-corrected chi connectivity index (χ0v) is 14.5. The molecule has 0 heterocycles. The number of Topliss-reactive ketones (excluding diaryl/α,β-unsaturated/α-hetero) is 1. The number of hydrogen-bond acceptors (Lipinski definition) is 5. The van der Waals surface area contributed by atoms with E-state index in [4.69, 9.17) is 37.4 Å². The third kappa shape index (κ3) is 3.99. The lowest BCUT2D eigenvalue weighted by Gasteiger charge is -2.11. The summed E-state index contributed by atoms with van der Waals surface area (Å²) in [4.78, 5) is 24.3. The van der Waals surface area contributed by atoms with Crippen LogP contribution in [0.5, 0.6) is 11.5 Å². The first-order chi connectivity index (χ1) is 11.5. The molecule has 0 N–H and O–H groups in total. The molecule has 0 spiro atoms. The molecule has 0 saturated carbocycles. The maximum Gasteiger partial charge on any atom is 0.343 e. The summed E-state index contributed by atoms with van der Waals surface area (Å²) in [7, 11) is 2.89. The first-order valence-corrected chi connectivity index (χ1v) is 7.60. The number of hydrogen-bond donors (Lipinski definition) is 0.